The van der Waals surface area contributed by atoms with E-state index in [1.54, 1.807) is 11.3 Å². The maximum atomic E-state index is 12.5. The first-order valence-electron chi connectivity index (χ1n) is 6.20. The maximum absolute atomic E-state index is 12.5. The summed E-state index contributed by atoms with van der Waals surface area (Å²) in [7, 11) is 2.12. The van der Waals surface area contributed by atoms with E-state index in [4.69, 9.17) is 0 Å². The van der Waals surface area contributed by atoms with Crippen molar-refractivity contribution in [3.63, 3.8) is 0 Å². The summed E-state index contributed by atoms with van der Waals surface area (Å²) >= 11 is 1.66. The van der Waals surface area contributed by atoms with Crippen LogP contribution in [0.4, 0.5) is 5.69 Å². The number of rotatable bonds is 1. The van der Waals surface area contributed by atoms with E-state index in [1.807, 2.05) is 29.6 Å². The van der Waals surface area contributed by atoms with Gasteiger partial charge in [-0.2, -0.15) is 0 Å². The number of benzene rings is 1. The zero-order valence-corrected chi connectivity index (χ0v) is 11.2. The fourth-order valence-corrected chi connectivity index (χ4v) is 3.27. The number of fused-ring (bicyclic) bond motifs is 1. The molecule has 0 bridgehead atoms. The van der Waals surface area contributed by atoms with Crippen LogP contribution in [0, 0.1) is 0 Å². The molecule has 0 saturated carbocycles. The number of nitrogens with zero attached hydrogens (tertiary/aromatic N) is 2. The first-order valence-corrected chi connectivity index (χ1v) is 7.08. The van der Waals surface area contributed by atoms with Crippen LogP contribution in [0.15, 0.2) is 34.4 Å². The van der Waals surface area contributed by atoms with E-state index in [0.29, 0.717) is 0 Å². The van der Waals surface area contributed by atoms with Crippen LogP contribution in [-0.2, 0) is 0 Å². The minimum Gasteiger partial charge on any atom is -0.365 e. The number of anilines is 1. The molecule has 1 aliphatic rings. The van der Waals surface area contributed by atoms with Crippen LogP contribution in [0.5, 0.6) is 0 Å². The second-order valence-corrected chi connectivity index (χ2v) is 5.65. The lowest BCUT2D eigenvalue weighted by Gasteiger charge is -2.33. The minimum absolute atomic E-state index is 0.175. The molecule has 94 valence electrons. The van der Waals surface area contributed by atoms with E-state index < -0.39 is 0 Å². The van der Waals surface area contributed by atoms with Crippen LogP contribution in [0.25, 0.3) is 10.1 Å². The van der Waals surface area contributed by atoms with Gasteiger partial charge >= 0.3 is 0 Å². The Kier molecular flexibility index (Phi) is 3.06. The third-order valence-corrected chi connectivity index (χ3v) is 4.46. The lowest BCUT2D eigenvalue weighted by atomic mass is 10.2. The van der Waals surface area contributed by atoms with Crippen molar-refractivity contribution in [3.05, 3.63) is 39.9 Å². The van der Waals surface area contributed by atoms with Crippen molar-refractivity contribution in [2.45, 2.75) is 0 Å². The topological polar surface area (TPSA) is 23.6 Å². The first-order chi connectivity index (χ1) is 8.75. The van der Waals surface area contributed by atoms with Crippen LogP contribution in [0.1, 0.15) is 0 Å². The summed E-state index contributed by atoms with van der Waals surface area (Å²) in [6.45, 7) is 3.93. The zero-order valence-electron chi connectivity index (χ0n) is 10.4. The van der Waals surface area contributed by atoms with E-state index in [1.165, 1.54) is 0 Å². The van der Waals surface area contributed by atoms with Crippen LogP contribution < -0.4 is 10.3 Å². The summed E-state index contributed by atoms with van der Waals surface area (Å²) < 4.78 is 1.07. The second-order valence-electron chi connectivity index (χ2n) is 4.74. The molecule has 0 N–H and O–H groups in total. The number of piperazine rings is 1. The Morgan fingerprint density at radius 2 is 1.83 bits per heavy atom. The largest absolute Gasteiger partial charge is 0.365 e. The van der Waals surface area contributed by atoms with Gasteiger partial charge in [-0.1, -0.05) is 12.1 Å². The molecule has 4 heteroatoms. The van der Waals surface area contributed by atoms with Gasteiger partial charge in [-0.25, -0.2) is 0 Å². The predicted molar refractivity (Wildman–Crippen MR) is 77.8 cm³/mol. The highest BCUT2D eigenvalue weighted by atomic mass is 32.1. The van der Waals surface area contributed by atoms with Crippen LogP contribution >= 0.6 is 11.3 Å². The lowest BCUT2D eigenvalue weighted by Crippen LogP contribution is -2.45. The van der Waals surface area contributed by atoms with Crippen molar-refractivity contribution in [1.82, 2.24) is 4.90 Å². The Labute approximate surface area is 110 Å². The standard InChI is InChI=1S/C14H16N2OS/c1-15-6-8-16(9-7-15)12-10-18-13-5-3-2-4-11(13)14(12)17/h2-5,10H,6-9H2,1H3. The molecule has 0 aliphatic carbocycles. The third kappa shape index (κ3) is 2.02. The monoisotopic (exact) mass is 260 g/mol. The summed E-state index contributed by atoms with van der Waals surface area (Å²) in [6.07, 6.45) is 0. The van der Waals surface area contributed by atoms with Gasteiger partial charge in [0.2, 0.25) is 5.43 Å². The molecule has 1 aromatic heterocycles. The summed E-state index contributed by atoms with van der Waals surface area (Å²) in [4.78, 5) is 17.0. The van der Waals surface area contributed by atoms with E-state index >= 15 is 0 Å². The number of likely N-dealkylation sites (N-methyl/N-ethyl adjacent to an activating group) is 1. The molecule has 1 saturated heterocycles. The molecule has 0 spiro atoms. The maximum Gasteiger partial charge on any atom is 0.211 e. The molecular formula is C14H16N2OS. The fraction of sp³-hybridized carbons (Fsp3) is 0.357. The third-order valence-electron chi connectivity index (χ3n) is 3.51. The molecule has 0 atom stereocenters. The smallest absolute Gasteiger partial charge is 0.211 e. The highest BCUT2D eigenvalue weighted by Crippen LogP contribution is 2.21. The molecule has 0 unspecified atom stereocenters. The number of hydrogen-bond donors (Lipinski definition) is 0. The van der Waals surface area contributed by atoms with Crippen molar-refractivity contribution in [2.24, 2.45) is 0 Å². The van der Waals surface area contributed by atoms with Gasteiger partial charge in [-0.05, 0) is 19.2 Å². The minimum atomic E-state index is 0.175. The van der Waals surface area contributed by atoms with Crippen molar-refractivity contribution >= 4 is 27.1 Å². The van der Waals surface area contributed by atoms with Gasteiger partial charge < -0.3 is 9.80 Å². The second kappa shape index (κ2) is 4.71. The van der Waals surface area contributed by atoms with Crippen molar-refractivity contribution in [2.75, 3.05) is 38.1 Å². The van der Waals surface area contributed by atoms with E-state index in [0.717, 1.165) is 42.0 Å². The molecule has 1 aliphatic heterocycles. The molecule has 0 radical (unpaired) electrons. The van der Waals surface area contributed by atoms with Crippen LogP contribution in [0.3, 0.4) is 0 Å². The molecule has 0 amide bonds. The van der Waals surface area contributed by atoms with Gasteiger partial charge in [0.25, 0.3) is 0 Å². The highest BCUT2D eigenvalue weighted by Gasteiger charge is 2.17. The Balaban J connectivity index is 2.02. The predicted octanol–water partition coefficient (Wildman–Crippen LogP) is 2.01. The van der Waals surface area contributed by atoms with Crippen molar-refractivity contribution in [1.29, 1.82) is 0 Å². The Bertz CT molecular complexity index is 614. The molecule has 1 fully saturated rings. The molecular weight excluding hydrogens is 244 g/mol. The lowest BCUT2D eigenvalue weighted by molar-refractivity contribution is 0.313. The van der Waals surface area contributed by atoms with Gasteiger partial charge in [0.1, 0.15) is 0 Å². The van der Waals surface area contributed by atoms with Crippen LogP contribution in [-0.4, -0.2) is 38.1 Å². The van der Waals surface area contributed by atoms with E-state index in [2.05, 4.69) is 16.8 Å². The number of hydrogen-bond acceptors (Lipinski definition) is 4. The van der Waals surface area contributed by atoms with Gasteiger partial charge in [-0.3, -0.25) is 4.79 Å². The quantitative estimate of drug-likeness (QED) is 0.783. The first kappa shape index (κ1) is 11.7. The highest BCUT2D eigenvalue weighted by molar-refractivity contribution is 7.16. The average molecular weight is 260 g/mol. The van der Waals surface area contributed by atoms with Gasteiger partial charge in [-0.15, -0.1) is 11.3 Å². The summed E-state index contributed by atoms with van der Waals surface area (Å²) in [5.74, 6) is 0. The van der Waals surface area contributed by atoms with Crippen molar-refractivity contribution in [3.8, 4) is 0 Å². The van der Waals surface area contributed by atoms with Crippen molar-refractivity contribution < 1.29 is 0 Å². The van der Waals surface area contributed by atoms with E-state index in [9.17, 15) is 4.79 Å². The molecule has 1 aromatic carbocycles. The average Bonchev–Trinajstić information content (AvgIpc) is 2.41. The summed E-state index contributed by atoms with van der Waals surface area (Å²) in [5, 5.41) is 2.86. The fourth-order valence-electron chi connectivity index (χ4n) is 2.33. The van der Waals surface area contributed by atoms with Gasteiger partial charge in [0.05, 0.1) is 5.69 Å². The SMILES string of the molecule is CN1CCN(c2csc3ccccc3c2=O)CC1. The molecule has 3 nitrogen and oxygen atoms in total. The Hall–Kier alpha value is -1.39. The normalized spacial score (nSPS) is 17.3. The van der Waals surface area contributed by atoms with E-state index in [-0.39, 0.29) is 5.43 Å². The summed E-state index contributed by atoms with van der Waals surface area (Å²) in [5.41, 5.74) is 1.04. The van der Waals surface area contributed by atoms with Gasteiger partial charge in [0.15, 0.2) is 0 Å². The Morgan fingerprint density at radius 1 is 1.11 bits per heavy atom. The molecule has 18 heavy (non-hydrogen) atoms. The zero-order chi connectivity index (χ0) is 12.5. The van der Waals surface area contributed by atoms with Gasteiger partial charge in [0, 0.05) is 41.6 Å². The molecule has 2 heterocycles. The Morgan fingerprint density at radius 3 is 2.61 bits per heavy atom. The summed E-state index contributed by atoms with van der Waals surface area (Å²) in [6, 6.07) is 7.85. The molecule has 3 rings (SSSR count). The van der Waals surface area contributed by atoms with Crippen LogP contribution in [0.2, 0.25) is 0 Å². The molecule has 2 aromatic rings.